The fourth-order valence-corrected chi connectivity index (χ4v) is 5.35. The molecule has 3 rings (SSSR count). The van der Waals surface area contributed by atoms with E-state index in [0.717, 1.165) is 31.0 Å². The highest BCUT2D eigenvalue weighted by molar-refractivity contribution is 7.90. The molecule has 0 bridgehead atoms. The van der Waals surface area contributed by atoms with Crippen LogP contribution in [-0.4, -0.2) is 49.4 Å². The molecule has 1 unspecified atom stereocenters. The summed E-state index contributed by atoms with van der Waals surface area (Å²) in [6.45, 7) is 6.83. The van der Waals surface area contributed by atoms with E-state index in [9.17, 15) is 27.9 Å². The van der Waals surface area contributed by atoms with Crippen LogP contribution in [0.5, 0.6) is 5.75 Å². The van der Waals surface area contributed by atoms with Crippen molar-refractivity contribution >= 4 is 27.8 Å². The summed E-state index contributed by atoms with van der Waals surface area (Å²) in [4.78, 5) is 40.7. The molecular formula is C31H37N3O7S. The van der Waals surface area contributed by atoms with Crippen molar-refractivity contribution in [3.63, 3.8) is 0 Å². The molecule has 3 N–H and O–H groups in total. The van der Waals surface area contributed by atoms with Gasteiger partial charge < -0.3 is 15.2 Å². The van der Waals surface area contributed by atoms with Crippen molar-refractivity contribution in [2.24, 2.45) is 5.92 Å². The van der Waals surface area contributed by atoms with Gasteiger partial charge in [-0.1, -0.05) is 45.2 Å². The van der Waals surface area contributed by atoms with E-state index >= 15 is 0 Å². The molecule has 0 aliphatic heterocycles. The van der Waals surface area contributed by atoms with E-state index in [1.807, 2.05) is 18.6 Å². The topological polar surface area (TPSA) is 152 Å². The number of nitrogens with zero attached hydrogens (tertiary/aromatic N) is 1. The van der Waals surface area contributed by atoms with Gasteiger partial charge in [0, 0.05) is 18.3 Å². The third kappa shape index (κ3) is 9.13. The summed E-state index contributed by atoms with van der Waals surface area (Å²) < 4.78 is 33.2. The molecule has 0 fully saturated rings. The standard InChI is InChI=1S/C31H37N3O7S/c1-4-6-7-21(3)18-24-19-25(20-33-28(24)31(37)38)30(36)34-42(39,40)27-14-8-22(9-15-27)16-17-32-29(35)23-10-12-26(13-11-23)41-5-2/h8-15,19-21H,4-7,16-18H2,1-3H3,(H,32,35)(H,34,36)(H,37,38). The van der Waals surface area contributed by atoms with Gasteiger partial charge in [-0.2, -0.15) is 0 Å². The van der Waals surface area contributed by atoms with E-state index in [0.29, 0.717) is 42.9 Å². The lowest BCUT2D eigenvalue weighted by molar-refractivity contribution is 0.0687. The quantitative estimate of drug-likeness (QED) is 0.230. The molecule has 0 saturated heterocycles. The Kier molecular flexibility index (Phi) is 11.6. The minimum absolute atomic E-state index is 0.0406. The molecular weight excluding hydrogens is 558 g/mol. The van der Waals surface area contributed by atoms with Gasteiger partial charge in [0.1, 0.15) is 5.75 Å². The van der Waals surface area contributed by atoms with Gasteiger partial charge in [0.25, 0.3) is 21.8 Å². The predicted octanol–water partition coefficient (Wildman–Crippen LogP) is 4.64. The summed E-state index contributed by atoms with van der Waals surface area (Å²) in [5.74, 6) is -1.48. The van der Waals surface area contributed by atoms with E-state index in [1.165, 1.54) is 18.2 Å². The summed E-state index contributed by atoms with van der Waals surface area (Å²) in [5.41, 5.74) is 1.49. The molecule has 2 amide bonds. The summed E-state index contributed by atoms with van der Waals surface area (Å²) in [6, 6.07) is 14.2. The Labute approximate surface area is 246 Å². The zero-order valence-corrected chi connectivity index (χ0v) is 24.9. The van der Waals surface area contributed by atoms with Crippen molar-refractivity contribution in [3.05, 3.63) is 88.7 Å². The molecule has 0 aliphatic rings. The van der Waals surface area contributed by atoms with Gasteiger partial charge >= 0.3 is 5.97 Å². The predicted molar refractivity (Wildman–Crippen MR) is 158 cm³/mol. The SMILES string of the molecule is CCCCC(C)Cc1cc(C(=O)NS(=O)(=O)c2ccc(CCNC(=O)c3ccc(OCC)cc3)cc2)cnc1C(=O)O. The number of nitrogens with one attached hydrogen (secondary N) is 2. The Bertz CT molecular complexity index is 1490. The zero-order valence-electron chi connectivity index (χ0n) is 24.1. The summed E-state index contributed by atoms with van der Waals surface area (Å²) in [6.07, 6.45) is 4.84. The van der Waals surface area contributed by atoms with Crippen LogP contribution in [0.4, 0.5) is 0 Å². The second kappa shape index (κ2) is 15.1. The van der Waals surface area contributed by atoms with Gasteiger partial charge in [-0.25, -0.2) is 22.9 Å². The number of benzene rings is 2. The van der Waals surface area contributed by atoms with Crippen molar-refractivity contribution < 1.29 is 32.6 Å². The molecule has 1 heterocycles. The number of carbonyl (C=O) groups is 3. The normalized spacial score (nSPS) is 11.9. The molecule has 0 saturated carbocycles. The molecule has 2 aromatic carbocycles. The number of sulfonamides is 1. The summed E-state index contributed by atoms with van der Waals surface area (Å²) in [5, 5.41) is 12.3. The van der Waals surface area contributed by atoms with Gasteiger partial charge in [0.2, 0.25) is 0 Å². The van der Waals surface area contributed by atoms with E-state index in [1.54, 1.807) is 36.4 Å². The number of amides is 2. The van der Waals surface area contributed by atoms with Crippen molar-refractivity contribution in [2.75, 3.05) is 13.2 Å². The molecule has 42 heavy (non-hydrogen) atoms. The van der Waals surface area contributed by atoms with Crippen LogP contribution in [0.15, 0.2) is 65.7 Å². The fourth-order valence-electron chi connectivity index (χ4n) is 4.38. The first kappa shape index (κ1) is 32.3. The maximum atomic E-state index is 12.9. The maximum absolute atomic E-state index is 12.9. The second-order valence-electron chi connectivity index (χ2n) is 10.0. The molecule has 0 spiro atoms. The number of unbranched alkanes of at least 4 members (excludes halogenated alkanes) is 1. The fraction of sp³-hybridized carbons (Fsp3) is 0.355. The van der Waals surface area contributed by atoms with Crippen molar-refractivity contribution in [2.45, 2.75) is 57.8 Å². The number of pyridine rings is 1. The highest BCUT2D eigenvalue weighted by atomic mass is 32.2. The number of aromatic nitrogens is 1. The Morgan fingerprint density at radius 3 is 2.29 bits per heavy atom. The molecule has 10 nitrogen and oxygen atoms in total. The van der Waals surface area contributed by atoms with Crippen LogP contribution in [0.1, 0.15) is 82.4 Å². The first-order chi connectivity index (χ1) is 20.0. The number of ether oxygens (including phenoxy) is 1. The van der Waals surface area contributed by atoms with Gasteiger partial charge in [-0.3, -0.25) is 9.59 Å². The van der Waals surface area contributed by atoms with Crippen LogP contribution in [0.25, 0.3) is 0 Å². The number of aromatic carboxylic acids is 1. The van der Waals surface area contributed by atoms with Crippen LogP contribution in [-0.2, 0) is 22.9 Å². The Balaban J connectivity index is 1.60. The van der Waals surface area contributed by atoms with Crippen molar-refractivity contribution in [1.82, 2.24) is 15.0 Å². The Hall–Kier alpha value is -4.25. The lowest BCUT2D eigenvalue weighted by Crippen LogP contribution is -2.31. The molecule has 3 aromatic rings. The first-order valence-corrected chi connectivity index (χ1v) is 15.4. The van der Waals surface area contributed by atoms with Crippen molar-refractivity contribution in [1.29, 1.82) is 0 Å². The largest absolute Gasteiger partial charge is 0.494 e. The maximum Gasteiger partial charge on any atom is 0.354 e. The molecule has 11 heteroatoms. The lowest BCUT2D eigenvalue weighted by Gasteiger charge is -2.14. The minimum Gasteiger partial charge on any atom is -0.494 e. The third-order valence-corrected chi connectivity index (χ3v) is 7.98. The number of carbonyl (C=O) groups excluding carboxylic acids is 2. The number of carboxylic acids is 1. The highest BCUT2D eigenvalue weighted by Gasteiger charge is 2.22. The Morgan fingerprint density at radius 1 is 0.976 bits per heavy atom. The van der Waals surface area contributed by atoms with Gasteiger partial charge in [0.15, 0.2) is 5.69 Å². The number of carboxylic acid groups (broad SMARTS) is 1. The van der Waals surface area contributed by atoms with Crippen LogP contribution >= 0.6 is 0 Å². The first-order valence-electron chi connectivity index (χ1n) is 13.9. The van der Waals surface area contributed by atoms with Crippen LogP contribution in [0, 0.1) is 5.92 Å². The van der Waals surface area contributed by atoms with Crippen LogP contribution < -0.4 is 14.8 Å². The van der Waals surface area contributed by atoms with E-state index in [4.69, 9.17) is 4.74 Å². The van der Waals surface area contributed by atoms with Gasteiger partial charge in [0.05, 0.1) is 17.1 Å². The second-order valence-corrected chi connectivity index (χ2v) is 11.7. The average molecular weight is 596 g/mol. The van der Waals surface area contributed by atoms with E-state index < -0.39 is 21.9 Å². The van der Waals surface area contributed by atoms with E-state index in [2.05, 4.69) is 17.2 Å². The molecule has 0 aliphatic carbocycles. The Morgan fingerprint density at radius 2 is 1.67 bits per heavy atom. The van der Waals surface area contributed by atoms with Crippen LogP contribution in [0.2, 0.25) is 0 Å². The third-order valence-electron chi connectivity index (χ3n) is 6.64. The monoisotopic (exact) mass is 595 g/mol. The number of rotatable bonds is 15. The molecule has 224 valence electrons. The highest BCUT2D eigenvalue weighted by Crippen LogP contribution is 2.19. The number of hydrogen-bond acceptors (Lipinski definition) is 7. The molecule has 1 atom stereocenters. The molecule has 1 aromatic heterocycles. The summed E-state index contributed by atoms with van der Waals surface area (Å²) >= 11 is 0. The van der Waals surface area contributed by atoms with Crippen LogP contribution in [0.3, 0.4) is 0 Å². The minimum atomic E-state index is -4.20. The van der Waals surface area contributed by atoms with Crippen molar-refractivity contribution in [3.8, 4) is 5.75 Å². The molecule has 0 radical (unpaired) electrons. The lowest BCUT2D eigenvalue weighted by atomic mass is 9.94. The average Bonchev–Trinajstić information content (AvgIpc) is 2.96. The van der Waals surface area contributed by atoms with E-state index in [-0.39, 0.29) is 28.0 Å². The smallest absolute Gasteiger partial charge is 0.354 e. The summed E-state index contributed by atoms with van der Waals surface area (Å²) in [7, 11) is -4.20. The zero-order chi connectivity index (χ0) is 30.7. The van der Waals surface area contributed by atoms with Gasteiger partial charge in [-0.15, -0.1) is 0 Å². The number of hydrogen-bond donors (Lipinski definition) is 3. The van der Waals surface area contributed by atoms with Gasteiger partial charge in [-0.05, 0) is 79.3 Å².